The monoisotopic (exact) mass is 468 g/mol. The SMILES string of the molecule is CON[C@@H]1C(=O)N2C(C(=O)OC(c3ccccc3)c3ccccc3)=C(COC(C)=O)CS[C@@H]12. The van der Waals surface area contributed by atoms with Crippen molar-refractivity contribution in [2.24, 2.45) is 0 Å². The van der Waals surface area contributed by atoms with E-state index in [0.717, 1.165) is 11.1 Å². The molecule has 2 aliphatic rings. The number of hydrogen-bond acceptors (Lipinski definition) is 8. The van der Waals surface area contributed by atoms with Crippen LogP contribution < -0.4 is 5.48 Å². The molecule has 33 heavy (non-hydrogen) atoms. The van der Waals surface area contributed by atoms with E-state index in [2.05, 4.69) is 5.48 Å². The number of nitrogens with one attached hydrogen (secondary N) is 1. The van der Waals surface area contributed by atoms with E-state index in [-0.39, 0.29) is 23.6 Å². The van der Waals surface area contributed by atoms with Crippen LogP contribution in [-0.4, -0.2) is 53.6 Å². The zero-order valence-electron chi connectivity index (χ0n) is 18.2. The summed E-state index contributed by atoms with van der Waals surface area (Å²) in [6, 6.07) is 18.2. The number of hydroxylamine groups is 1. The van der Waals surface area contributed by atoms with Crippen LogP contribution in [0, 0.1) is 0 Å². The van der Waals surface area contributed by atoms with Gasteiger partial charge in [0, 0.05) is 18.2 Å². The highest BCUT2D eigenvalue weighted by Crippen LogP contribution is 2.41. The molecule has 9 heteroatoms. The van der Waals surface area contributed by atoms with Crippen molar-refractivity contribution in [2.45, 2.75) is 24.4 Å². The molecule has 172 valence electrons. The Morgan fingerprint density at radius 1 is 1.09 bits per heavy atom. The Balaban J connectivity index is 1.67. The topological polar surface area (TPSA) is 94.2 Å². The standard InChI is InChI=1S/C24H24N2O6S/c1-15(27)31-13-18-14-33-23-19(25-30-2)22(28)26(23)20(18)24(29)32-21(16-9-5-3-6-10-16)17-11-7-4-8-12-17/h3-12,19,21,23,25H,13-14H2,1-2H3/t19-,23+/m1/s1. The van der Waals surface area contributed by atoms with Crippen LogP contribution in [0.2, 0.25) is 0 Å². The first-order valence-corrected chi connectivity index (χ1v) is 11.5. The smallest absolute Gasteiger partial charge is 0.356 e. The van der Waals surface area contributed by atoms with Gasteiger partial charge in [-0.05, 0) is 11.1 Å². The molecule has 0 spiro atoms. The van der Waals surface area contributed by atoms with Crippen LogP contribution in [-0.2, 0) is 28.7 Å². The predicted molar refractivity (Wildman–Crippen MR) is 122 cm³/mol. The van der Waals surface area contributed by atoms with E-state index in [1.54, 1.807) is 0 Å². The first kappa shape index (κ1) is 23.0. The van der Waals surface area contributed by atoms with Gasteiger partial charge in [-0.15, -0.1) is 11.8 Å². The second kappa shape index (κ2) is 10.2. The first-order chi connectivity index (χ1) is 16.0. The van der Waals surface area contributed by atoms with Crippen LogP contribution in [0.15, 0.2) is 71.9 Å². The van der Waals surface area contributed by atoms with E-state index in [9.17, 15) is 14.4 Å². The van der Waals surface area contributed by atoms with Crippen molar-refractivity contribution in [2.75, 3.05) is 19.5 Å². The molecule has 1 saturated heterocycles. The summed E-state index contributed by atoms with van der Waals surface area (Å²) in [6.07, 6.45) is -0.667. The van der Waals surface area contributed by atoms with Crippen LogP contribution in [0.3, 0.4) is 0 Å². The third-order valence-electron chi connectivity index (χ3n) is 5.36. The van der Waals surface area contributed by atoms with Gasteiger partial charge in [0.15, 0.2) is 6.10 Å². The van der Waals surface area contributed by atoms with Crippen molar-refractivity contribution in [3.8, 4) is 0 Å². The summed E-state index contributed by atoms with van der Waals surface area (Å²) in [7, 11) is 1.44. The minimum Gasteiger partial charge on any atom is -0.461 e. The number of fused-ring (bicyclic) bond motifs is 1. The number of nitrogens with zero attached hydrogens (tertiary/aromatic N) is 1. The molecule has 2 aromatic carbocycles. The number of ether oxygens (including phenoxy) is 2. The van der Waals surface area contributed by atoms with Crippen molar-refractivity contribution in [3.05, 3.63) is 83.1 Å². The van der Waals surface area contributed by atoms with Gasteiger partial charge < -0.3 is 14.3 Å². The third kappa shape index (κ3) is 4.80. The van der Waals surface area contributed by atoms with E-state index in [4.69, 9.17) is 14.3 Å². The summed E-state index contributed by atoms with van der Waals surface area (Å²) < 4.78 is 11.2. The molecule has 0 aromatic heterocycles. The molecule has 0 saturated carbocycles. The van der Waals surface area contributed by atoms with Crippen LogP contribution in [0.1, 0.15) is 24.2 Å². The van der Waals surface area contributed by atoms with Crippen LogP contribution in [0.5, 0.6) is 0 Å². The molecule has 0 aliphatic carbocycles. The molecule has 0 bridgehead atoms. The molecule has 2 aliphatic heterocycles. The lowest BCUT2D eigenvalue weighted by Gasteiger charge is -2.49. The maximum absolute atomic E-state index is 13.5. The molecule has 8 nitrogen and oxygen atoms in total. The fourth-order valence-electron chi connectivity index (χ4n) is 3.82. The van der Waals surface area contributed by atoms with E-state index in [0.29, 0.717) is 11.3 Å². The number of carbonyl (C=O) groups is 3. The first-order valence-electron chi connectivity index (χ1n) is 10.4. The van der Waals surface area contributed by atoms with Gasteiger partial charge in [-0.1, -0.05) is 60.7 Å². The lowest BCUT2D eigenvalue weighted by molar-refractivity contribution is -0.158. The number of β-lactam (4-membered cyclic amide) rings is 1. The predicted octanol–water partition coefficient (Wildman–Crippen LogP) is 2.57. The quantitative estimate of drug-likeness (QED) is 0.359. The lowest BCUT2D eigenvalue weighted by Crippen LogP contribution is -2.69. The fourth-order valence-corrected chi connectivity index (χ4v) is 5.14. The summed E-state index contributed by atoms with van der Waals surface area (Å²) in [4.78, 5) is 44.1. The third-order valence-corrected chi connectivity index (χ3v) is 6.70. The number of esters is 2. The number of benzene rings is 2. The van der Waals surface area contributed by atoms with Gasteiger partial charge in [0.1, 0.15) is 23.7 Å². The van der Waals surface area contributed by atoms with Crippen LogP contribution in [0.25, 0.3) is 0 Å². The van der Waals surface area contributed by atoms with E-state index < -0.39 is 24.1 Å². The van der Waals surface area contributed by atoms with E-state index in [1.807, 2.05) is 60.7 Å². The molecule has 4 rings (SSSR count). The van der Waals surface area contributed by atoms with Gasteiger partial charge >= 0.3 is 11.9 Å². The zero-order chi connectivity index (χ0) is 23.4. The van der Waals surface area contributed by atoms with Gasteiger partial charge in [-0.25, -0.2) is 4.79 Å². The van der Waals surface area contributed by atoms with Gasteiger partial charge in [-0.2, -0.15) is 5.48 Å². The number of hydrogen-bond donors (Lipinski definition) is 1. The van der Waals surface area contributed by atoms with Crippen LogP contribution >= 0.6 is 11.8 Å². The Bertz CT molecular complexity index is 1020. The Kier molecular flexibility index (Phi) is 7.12. The molecular formula is C24H24N2O6S. The highest BCUT2D eigenvalue weighted by Gasteiger charge is 2.54. The Hall–Kier alpha value is -3.14. The summed E-state index contributed by atoms with van der Waals surface area (Å²) in [5.41, 5.74) is 4.93. The second-order valence-electron chi connectivity index (χ2n) is 7.55. The van der Waals surface area contributed by atoms with Crippen molar-refractivity contribution in [1.29, 1.82) is 0 Å². The fraction of sp³-hybridized carbons (Fsp3) is 0.292. The zero-order valence-corrected chi connectivity index (χ0v) is 19.0. The highest BCUT2D eigenvalue weighted by atomic mass is 32.2. The van der Waals surface area contributed by atoms with Crippen molar-refractivity contribution in [3.63, 3.8) is 0 Å². The van der Waals surface area contributed by atoms with Gasteiger partial charge in [0.2, 0.25) is 0 Å². The minimum atomic E-state index is -0.667. The molecule has 0 radical (unpaired) electrons. The second-order valence-corrected chi connectivity index (χ2v) is 8.65. The minimum absolute atomic E-state index is 0.0903. The van der Waals surface area contributed by atoms with E-state index >= 15 is 0 Å². The average molecular weight is 469 g/mol. The Morgan fingerprint density at radius 3 is 2.24 bits per heavy atom. The molecule has 1 N–H and O–H groups in total. The maximum Gasteiger partial charge on any atom is 0.356 e. The Labute approximate surface area is 195 Å². The number of carbonyl (C=O) groups excluding carboxylic acids is 3. The normalized spacial score (nSPS) is 19.7. The molecule has 1 fully saturated rings. The number of rotatable bonds is 8. The number of thioether (sulfide) groups is 1. The summed E-state index contributed by atoms with van der Waals surface area (Å²) >= 11 is 1.46. The van der Waals surface area contributed by atoms with Crippen molar-refractivity contribution < 1.29 is 28.7 Å². The Morgan fingerprint density at radius 2 is 1.70 bits per heavy atom. The summed E-state index contributed by atoms with van der Waals surface area (Å²) in [6.45, 7) is 1.21. The maximum atomic E-state index is 13.5. The molecular weight excluding hydrogens is 444 g/mol. The largest absolute Gasteiger partial charge is 0.461 e. The molecule has 1 amide bonds. The van der Waals surface area contributed by atoms with Crippen molar-refractivity contribution in [1.82, 2.24) is 10.4 Å². The average Bonchev–Trinajstić information content (AvgIpc) is 2.84. The molecule has 2 heterocycles. The van der Waals surface area contributed by atoms with Gasteiger partial charge in [0.05, 0.1) is 7.11 Å². The lowest BCUT2D eigenvalue weighted by atomic mass is 10.0. The van der Waals surface area contributed by atoms with E-state index in [1.165, 1.54) is 30.7 Å². The number of amides is 1. The summed E-state index contributed by atoms with van der Waals surface area (Å²) in [5.74, 6) is -1.01. The highest BCUT2D eigenvalue weighted by molar-refractivity contribution is 8.00. The van der Waals surface area contributed by atoms with Crippen LogP contribution in [0.4, 0.5) is 0 Å². The van der Waals surface area contributed by atoms with Gasteiger partial charge in [-0.3, -0.25) is 14.5 Å². The van der Waals surface area contributed by atoms with Gasteiger partial charge in [0.25, 0.3) is 5.91 Å². The summed E-state index contributed by atoms with van der Waals surface area (Å²) in [5, 5.41) is -0.326. The molecule has 0 unspecified atom stereocenters. The van der Waals surface area contributed by atoms with Crippen molar-refractivity contribution >= 4 is 29.6 Å². The molecule has 2 aromatic rings. The molecule has 2 atom stereocenters.